The predicted molar refractivity (Wildman–Crippen MR) is 212 cm³/mol. The molecule has 0 bridgehead atoms. The number of fused-ring (bicyclic) bond motifs is 3. The van der Waals surface area contributed by atoms with Gasteiger partial charge in [-0.05, 0) is 92.2 Å². The number of hydrogen-bond donors (Lipinski definition) is 2. The molecule has 11 nitrogen and oxygen atoms in total. The molecule has 0 aromatic heterocycles. The lowest BCUT2D eigenvalue weighted by Gasteiger charge is -2.37. The molecule has 4 amide bonds. The minimum absolute atomic E-state index is 0.0425. The van der Waals surface area contributed by atoms with Crippen molar-refractivity contribution in [3.63, 3.8) is 0 Å². The van der Waals surface area contributed by atoms with Crippen LogP contribution < -0.4 is 14.7 Å². The first kappa shape index (κ1) is 37.6. The molecule has 290 valence electrons. The second-order valence-electron chi connectivity index (χ2n) is 16.7. The normalized spacial score (nSPS) is 26.9. The van der Waals surface area contributed by atoms with Crippen LogP contribution in [0.15, 0.2) is 66.7 Å². The Balaban J connectivity index is 1.15. The molecule has 5 aliphatic heterocycles. The minimum atomic E-state index is -3.09. The number of hydrogen-bond acceptors (Lipinski definition) is 7. The molecule has 3 saturated heterocycles. The molecule has 3 aromatic rings. The Bertz CT molecular complexity index is 2000. The molecule has 3 fully saturated rings. The number of ether oxygens (including phenoxy) is 1. The third-order valence-corrected chi connectivity index (χ3v) is 15.3. The number of carbonyl (C=O) groups excluding carboxylic acids is 4. The lowest BCUT2D eigenvalue weighted by atomic mass is 9.82. The van der Waals surface area contributed by atoms with Crippen LogP contribution in [0.1, 0.15) is 74.1 Å². The number of aliphatic hydroxyl groups is 1. The highest BCUT2D eigenvalue weighted by Crippen LogP contribution is 2.60. The highest BCUT2D eigenvalue weighted by Gasteiger charge is 2.66. The summed E-state index contributed by atoms with van der Waals surface area (Å²) in [7, 11) is -3.09. The number of nitrogens with zero attached hydrogens (tertiary/aromatic N) is 4. The zero-order valence-corrected chi connectivity index (χ0v) is 33.1. The predicted octanol–water partition coefficient (Wildman–Crippen LogP) is 5.40. The number of piperidine rings is 2. The van der Waals surface area contributed by atoms with Gasteiger partial charge in [-0.3, -0.25) is 19.2 Å². The van der Waals surface area contributed by atoms with Crippen LogP contribution in [0.2, 0.25) is 18.6 Å². The van der Waals surface area contributed by atoms with Gasteiger partial charge >= 0.3 is 0 Å². The van der Waals surface area contributed by atoms with Gasteiger partial charge in [0.25, 0.3) is 5.91 Å². The van der Waals surface area contributed by atoms with Gasteiger partial charge in [-0.1, -0.05) is 43.3 Å². The number of carbonyl (C=O) groups is 4. The maximum Gasteiger partial charge on any atom is 0.264 e. The van der Waals surface area contributed by atoms with Crippen LogP contribution in [-0.4, -0.2) is 78.6 Å². The average molecular weight is 765 g/mol. The van der Waals surface area contributed by atoms with Crippen LogP contribution in [0.4, 0.5) is 17.1 Å². The van der Waals surface area contributed by atoms with E-state index in [-0.39, 0.29) is 49.2 Å². The molecule has 0 radical (unpaired) electrons. The van der Waals surface area contributed by atoms with Gasteiger partial charge in [0.05, 0.1) is 37.4 Å². The lowest BCUT2D eigenvalue weighted by Crippen LogP contribution is -2.48. The molecule has 12 heteroatoms. The average Bonchev–Trinajstić information content (AvgIpc) is 3.60. The zero-order valence-electron chi connectivity index (χ0n) is 32.1. The number of benzene rings is 3. The van der Waals surface area contributed by atoms with E-state index in [1.165, 1.54) is 0 Å². The van der Waals surface area contributed by atoms with Gasteiger partial charge < -0.3 is 34.2 Å². The van der Waals surface area contributed by atoms with E-state index >= 15 is 4.79 Å². The van der Waals surface area contributed by atoms with Crippen molar-refractivity contribution in [2.45, 2.75) is 108 Å². The second kappa shape index (κ2) is 14.6. The van der Waals surface area contributed by atoms with Crippen molar-refractivity contribution in [2.24, 2.45) is 5.92 Å². The first-order valence-electron chi connectivity index (χ1n) is 19.9. The summed E-state index contributed by atoms with van der Waals surface area (Å²) in [5, 5.41) is 10.4. The van der Waals surface area contributed by atoms with Crippen LogP contribution >= 0.6 is 0 Å². The third kappa shape index (κ3) is 6.60. The van der Waals surface area contributed by atoms with Crippen LogP contribution in [0.25, 0.3) is 0 Å². The summed E-state index contributed by atoms with van der Waals surface area (Å²) in [6.45, 7) is 7.37. The molecule has 0 saturated carbocycles. The molecular weight excluding hydrogens is 713 g/mol. The Hall–Kier alpha value is -4.36. The molecule has 5 aliphatic rings. The fourth-order valence-electron chi connectivity index (χ4n) is 10.0. The van der Waals surface area contributed by atoms with Crippen molar-refractivity contribution in [2.75, 3.05) is 34.4 Å². The smallest absolute Gasteiger partial charge is 0.264 e. The molecule has 8 rings (SSSR count). The first-order valence-corrected chi connectivity index (χ1v) is 23.0. The van der Waals surface area contributed by atoms with Crippen LogP contribution in [0, 0.1) is 5.92 Å². The SMILES string of the molecule is C[C@H]1[C@H]([Si](C)(C)O)[C@@H](CC(=O)N2Cc3ccccc3C[C@H]2CO)O[C@]12C(=O)N(Cc1ccc(N3CCCCC3=O)cc1)c1ccc(N3CCCCC3=O)cc12. The molecule has 5 atom stereocenters. The number of rotatable bonds is 8. The van der Waals surface area contributed by atoms with E-state index in [0.29, 0.717) is 55.8 Å². The molecule has 0 unspecified atom stereocenters. The molecule has 1 spiro atoms. The Morgan fingerprint density at radius 3 is 2.15 bits per heavy atom. The summed E-state index contributed by atoms with van der Waals surface area (Å²) in [4.78, 5) is 74.3. The monoisotopic (exact) mass is 764 g/mol. The van der Waals surface area contributed by atoms with E-state index < -0.39 is 31.5 Å². The van der Waals surface area contributed by atoms with Gasteiger partial charge in [-0.2, -0.15) is 0 Å². The van der Waals surface area contributed by atoms with E-state index in [0.717, 1.165) is 48.1 Å². The standard InChI is InChI=1S/C43H52N4O7Si/c1-28-41(55(2,3)53)37(24-40(51)46-26-31-11-5-4-10-30(31)22-34(46)27-48)54-43(28)35-23-33(45-21-9-7-13-39(45)50)18-19-36(35)47(42(43)52)25-29-14-16-32(17-15-29)44-20-8-6-12-38(44)49/h4-5,10-11,14-19,23,28,34,37,41,48,53H,6-9,12-13,20-22,24-27H2,1-3H3/t28-,34-,37+,41-,43+/m0/s1. The highest BCUT2D eigenvalue weighted by molar-refractivity contribution is 6.71. The fraction of sp³-hybridized carbons (Fsp3) is 0.488. The van der Waals surface area contributed by atoms with Gasteiger partial charge in [-0.15, -0.1) is 0 Å². The molecule has 5 heterocycles. The zero-order chi connectivity index (χ0) is 38.6. The summed E-state index contributed by atoms with van der Waals surface area (Å²) in [5.74, 6) is -0.779. The van der Waals surface area contributed by atoms with Crippen LogP contribution in [0.5, 0.6) is 0 Å². The van der Waals surface area contributed by atoms with Crippen molar-refractivity contribution in [3.8, 4) is 0 Å². The molecule has 55 heavy (non-hydrogen) atoms. The Morgan fingerprint density at radius 2 is 1.51 bits per heavy atom. The minimum Gasteiger partial charge on any atom is -0.432 e. The van der Waals surface area contributed by atoms with Gasteiger partial charge in [0, 0.05) is 60.9 Å². The Morgan fingerprint density at radius 1 is 0.873 bits per heavy atom. The van der Waals surface area contributed by atoms with Crippen LogP contribution in [0.3, 0.4) is 0 Å². The third-order valence-electron chi connectivity index (χ3n) is 12.8. The summed E-state index contributed by atoms with van der Waals surface area (Å²) < 4.78 is 7.07. The fourth-order valence-corrected chi connectivity index (χ4v) is 12.6. The number of amides is 4. The molecular formula is C43H52N4O7Si. The summed E-state index contributed by atoms with van der Waals surface area (Å²) in [6, 6.07) is 21.1. The van der Waals surface area contributed by atoms with Gasteiger partial charge in [0.1, 0.15) is 0 Å². The van der Waals surface area contributed by atoms with Crippen molar-refractivity contribution in [1.29, 1.82) is 0 Å². The second-order valence-corrected chi connectivity index (χ2v) is 20.6. The summed E-state index contributed by atoms with van der Waals surface area (Å²) in [5.41, 5.74) is 3.93. The van der Waals surface area contributed by atoms with Gasteiger partial charge in [-0.25, -0.2) is 0 Å². The number of anilines is 3. The quantitative estimate of drug-likeness (QED) is 0.294. The summed E-state index contributed by atoms with van der Waals surface area (Å²) in [6.07, 6.45) is 4.34. The molecule has 0 aliphatic carbocycles. The molecule has 3 aromatic carbocycles. The maximum atomic E-state index is 15.2. The molecule has 2 N–H and O–H groups in total. The number of aliphatic hydroxyl groups excluding tert-OH is 1. The van der Waals surface area contributed by atoms with Crippen molar-refractivity contribution >= 4 is 49.0 Å². The van der Waals surface area contributed by atoms with E-state index in [1.807, 2.05) is 91.6 Å². The van der Waals surface area contributed by atoms with Crippen molar-refractivity contribution in [1.82, 2.24) is 4.90 Å². The van der Waals surface area contributed by atoms with Crippen molar-refractivity contribution < 1.29 is 33.8 Å². The van der Waals surface area contributed by atoms with Gasteiger partial charge in [0.2, 0.25) is 17.7 Å². The van der Waals surface area contributed by atoms with Crippen LogP contribution in [-0.2, 0) is 49.0 Å². The van der Waals surface area contributed by atoms with E-state index in [1.54, 1.807) is 14.7 Å². The van der Waals surface area contributed by atoms with E-state index in [4.69, 9.17) is 4.74 Å². The largest absolute Gasteiger partial charge is 0.432 e. The Labute approximate surface area is 324 Å². The maximum absolute atomic E-state index is 15.2. The topological polar surface area (TPSA) is 131 Å². The van der Waals surface area contributed by atoms with E-state index in [9.17, 15) is 24.3 Å². The highest BCUT2D eigenvalue weighted by atomic mass is 28.4. The van der Waals surface area contributed by atoms with Crippen molar-refractivity contribution in [3.05, 3.63) is 89.0 Å². The van der Waals surface area contributed by atoms with E-state index in [2.05, 4.69) is 0 Å². The lowest BCUT2D eigenvalue weighted by molar-refractivity contribution is -0.151. The summed E-state index contributed by atoms with van der Waals surface area (Å²) >= 11 is 0. The first-order chi connectivity index (χ1) is 26.4. The Kier molecular flexibility index (Phi) is 9.98. The van der Waals surface area contributed by atoms with Gasteiger partial charge in [0.15, 0.2) is 13.9 Å².